The zero-order chi connectivity index (χ0) is 9.03. The van der Waals surface area contributed by atoms with Crippen LogP contribution in [0.25, 0.3) is 0 Å². The highest BCUT2D eigenvalue weighted by atomic mass is 79.9. The number of aldehydes is 1. The SMILES string of the molecule is O=CC(Br)(Br)Cc1ccccc1. The van der Waals surface area contributed by atoms with Gasteiger partial charge < -0.3 is 4.79 Å². The number of benzene rings is 1. The highest BCUT2D eigenvalue weighted by molar-refractivity contribution is 9.25. The average Bonchev–Trinajstić information content (AvgIpc) is 2.06. The van der Waals surface area contributed by atoms with E-state index in [0.29, 0.717) is 6.42 Å². The highest BCUT2D eigenvalue weighted by Gasteiger charge is 2.21. The summed E-state index contributed by atoms with van der Waals surface area (Å²) >= 11 is 6.53. The summed E-state index contributed by atoms with van der Waals surface area (Å²) in [6, 6.07) is 9.84. The molecule has 0 atom stereocenters. The molecular weight excluding hydrogens is 284 g/mol. The Kier molecular flexibility index (Phi) is 3.47. The maximum atomic E-state index is 10.5. The molecule has 0 radical (unpaired) electrons. The largest absolute Gasteiger partial charge is 0.301 e. The van der Waals surface area contributed by atoms with Gasteiger partial charge in [0, 0.05) is 6.42 Å². The molecule has 1 rings (SSSR count). The third-order valence-corrected chi connectivity index (χ3v) is 2.39. The van der Waals surface area contributed by atoms with Gasteiger partial charge in [0.2, 0.25) is 0 Å². The molecule has 0 aliphatic rings. The molecule has 0 bridgehead atoms. The van der Waals surface area contributed by atoms with Crippen molar-refractivity contribution in [2.75, 3.05) is 0 Å². The topological polar surface area (TPSA) is 17.1 Å². The van der Waals surface area contributed by atoms with Crippen LogP contribution in [0.2, 0.25) is 0 Å². The van der Waals surface area contributed by atoms with Gasteiger partial charge in [0.1, 0.15) is 9.52 Å². The normalized spacial score (nSPS) is 11.2. The van der Waals surface area contributed by atoms with Crippen molar-refractivity contribution in [3.63, 3.8) is 0 Å². The first-order chi connectivity index (χ1) is 5.64. The molecule has 0 saturated carbocycles. The molecule has 0 aliphatic heterocycles. The van der Waals surface area contributed by atoms with Crippen molar-refractivity contribution < 1.29 is 4.79 Å². The Balaban J connectivity index is 2.70. The van der Waals surface area contributed by atoms with Gasteiger partial charge in [-0.25, -0.2) is 0 Å². The van der Waals surface area contributed by atoms with E-state index in [-0.39, 0.29) is 0 Å². The summed E-state index contributed by atoms with van der Waals surface area (Å²) in [7, 11) is 0. The van der Waals surface area contributed by atoms with Gasteiger partial charge >= 0.3 is 0 Å². The third kappa shape index (κ3) is 3.07. The Bertz CT molecular complexity index is 256. The summed E-state index contributed by atoms with van der Waals surface area (Å²) in [5.41, 5.74) is 1.12. The quantitative estimate of drug-likeness (QED) is 0.618. The van der Waals surface area contributed by atoms with E-state index in [4.69, 9.17) is 0 Å². The van der Waals surface area contributed by atoms with Crippen LogP contribution in [0.4, 0.5) is 0 Å². The van der Waals surface area contributed by atoms with Crippen molar-refractivity contribution in [2.24, 2.45) is 0 Å². The van der Waals surface area contributed by atoms with Crippen molar-refractivity contribution in [3.8, 4) is 0 Å². The van der Waals surface area contributed by atoms with Crippen LogP contribution >= 0.6 is 31.9 Å². The summed E-state index contributed by atoms with van der Waals surface area (Å²) < 4.78 is -0.610. The maximum absolute atomic E-state index is 10.5. The Morgan fingerprint density at radius 3 is 2.33 bits per heavy atom. The van der Waals surface area contributed by atoms with Crippen LogP contribution in [0, 0.1) is 0 Å². The van der Waals surface area contributed by atoms with E-state index in [1.54, 1.807) is 0 Å². The fraction of sp³-hybridized carbons (Fsp3) is 0.222. The van der Waals surface area contributed by atoms with Crippen LogP contribution in [0.1, 0.15) is 5.56 Å². The van der Waals surface area contributed by atoms with Gasteiger partial charge in [0.05, 0.1) is 0 Å². The molecule has 0 amide bonds. The Morgan fingerprint density at radius 2 is 1.83 bits per heavy atom. The molecule has 0 unspecified atom stereocenters. The van der Waals surface area contributed by atoms with Crippen LogP contribution in [-0.4, -0.2) is 9.52 Å². The molecule has 1 aromatic carbocycles. The summed E-state index contributed by atoms with van der Waals surface area (Å²) in [4.78, 5) is 10.5. The van der Waals surface area contributed by atoms with Crippen LogP contribution in [0.15, 0.2) is 30.3 Å². The monoisotopic (exact) mass is 290 g/mol. The van der Waals surface area contributed by atoms with Crippen LogP contribution in [-0.2, 0) is 11.2 Å². The number of alkyl halides is 2. The predicted molar refractivity (Wildman–Crippen MR) is 56.8 cm³/mol. The highest BCUT2D eigenvalue weighted by Crippen LogP contribution is 2.27. The number of rotatable bonds is 3. The predicted octanol–water partition coefficient (Wildman–Crippen LogP) is 2.91. The van der Waals surface area contributed by atoms with E-state index < -0.39 is 3.23 Å². The van der Waals surface area contributed by atoms with E-state index in [1.807, 2.05) is 30.3 Å². The van der Waals surface area contributed by atoms with Gasteiger partial charge in [-0.15, -0.1) is 0 Å². The summed E-state index contributed by atoms with van der Waals surface area (Å²) in [5.74, 6) is 0. The third-order valence-electron chi connectivity index (χ3n) is 1.46. The summed E-state index contributed by atoms with van der Waals surface area (Å²) in [5, 5.41) is 0. The lowest BCUT2D eigenvalue weighted by Gasteiger charge is -2.11. The Hall–Kier alpha value is -0.150. The standard InChI is InChI=1S/C9H8Br2O/c10-9(11,7-12)6-8-4-2-1-3-5-8/h1-5,7H,6H2. The minimum Gasteiger partial charge on any atom is -0.301 e. The smallest absolute Gasteiger partial charge is 0.147 e. The molecule has 0 heterocycles. The summed E-state index contributed by atoms with van der Waals surface area (Å²) in [6.45, 7) is 0. The minimum absolute atomic E-state index is 0.610. The fourth-order valence-corrected chi connectivity index (χ4v) is 1.56. The van der Waals surface area contributed by atoms with Crippen molar-refractivity contribution in [2.45, 2.75) is 9.65 Å². The zero-order valence-electron chi connectivity index (χ0n) is 6.34. The van der Waals surface area contributed by atoms with Crippen molar-refractivity contribution in [3.05, 3.63) is 35.9 Å². The lowest BCUT2D eigenvalue weighted by Crippen LogP contribution is -2.16. The lowest BCUT2D eigenvalue weighted by atomic mass is 10.1. The Morgan fingerprint density at radius 1 is 1.25 bits per heavy atom. The molecule has 0 aromatic heterocycles. The molecule has 0 spiro atoms. The first-order valence-electron chi connectivity index (χ1n) is 3.52. The van der Waals surface area contributed by atoms with Gasteiger partial charge in [-0.2, -0.15) is 0 Å². The molecule has 64 valence electrons. The summed E-state index contributed by atoms with van der Waals surface area (Å²) in [6.07, 6.45) is 1.50. The van der Waals surface area contributed by atoms with Gasteiger partial charge in [0.25, 0.3) is 0 Å². The van der Waals surface area contributed by atoms with Crippen molar-refractivity contribution in [1.29, 1.82) is 0 Å². The second kappa shape index (κ2) is 4.19. The molecule has 1 aromatic rings. The van der Waals surface area contributed by atoms with E-state index >= 15 is 0 Å². The molecule has 0 N–H and O–H groups in total. The first kappa shape index (κ1) is 9.93. The molecule has 0 fully saturated rings. The lowest BCUT2D eigenvalue weighted by molar-refractivity contribution is -0.107. The number of carbonyl (C=O) groups is 1. The van der Waals surface area contributed by atoms with E-state index in [0.717, 1.165) is 11.8 Å². The van der Waals surface area contributed by atoms with Crippen LogP contribution in [0.5, 0.6) is 0 Å². The molecule has 1 nitrogen and oxygen atoms in total. The zero-order valence-corrected chi connectivity index (χ0v) is 9.51. The molecule has 0 aliphatic carbocycles. The van der Waals surface area contributed by atoms with E-state index in [9.17, 15) is 4.79 Å². The molecular formula is C9H8Br2O. The molecule has 3 heteroatoms. The second-order valence-corrected chi connectivity index (χ2v) is 6.44. The number of hydrogen-bond acceptors (Lipinski definition) is 1. The van der Waals surface area contributed by atoms with Crippen molar-refractivity contribution in [1.82, 2.24) is 0 Å². The molecule has 0 saturated heterocycles. The van der Waals surface area contributed by atoms with E-state index in [2.05, 4.69) is 31.9 Å². The number of hydrogen-bond donors (Lipinski definition) is 0. The second-order valence-electron chi connectivity index (χ2n) is 2.54. The van der Waals surface area contributed by atoms with Crippen LogP contribution in [0.3, 0.4) is 0 Å². The number of carbonyl (C=O) groups excluding carboxylic acids is 1. The average molecular weight is 292 g/mol. The Labute approximate surface area is 88.4 Å². The maximum Gasteiger partial charge on any atom is 0.147 e. The van der Waals surface area contributed by atoms with Gasteiger partial charge in [-0.1, -0.05) is 62.2 Å². The first-order valence-corrected chi connectivity index (χ1v) is 5.11. The van der Waals surface area contributed by atoms with Gasteiger partial charge in [-0.05, 0) is 5.56 Å². The van der Waals surface area contributed by atoms with Gasteiger partial charge in [-0.3, -0.25) is 0 Å². The van der Waals surface area contributed by atoms with Gasteiger partial charge in [0.15, 0.2) is 0 Å². The molecule has 12 heavy (non-hydrogen) atoms. The number of halogens is 2. The van der Waals surface area contributed by atoms with E-state index in [1.165, 1.54) is 0 Å². The van der Waals surface area contributed by atoms with Crippen molar-refractivity contribution >= 4 is 38.1 Å². The minimum atomic E-state index is -0.610. The van der Waals surface area contributed by atoms with Crippen LogP contribution < -0.4 is 0 Å². The fourth-order valence-electron chi connectivity index (χ4n) is 0.910.